The van der Waals surface area contributed by atoms with E-state index in [2.05, 4.69) is 5.32 Å². The summed E-state index contributed by atoms with van der Waals surface area (Å²) in [7, 11) is 0. The predicted octanol–water partition coefficient (Wildman–Crippen LogP) is 2.92. The van der Waals surface area contributed by atoms with E-state index in [9.17, 15) is 4.39 Å². The SMILES string of the molecule is Cc1ccc([C@H]2CNC[C@@H]2CF)c(Cl)c1. The van der Waals surface area contributed by atoms with Crippen molar-refractivity contribution in [2.45, 2.75) is 12.8 Å². The van der Waals surface area contributed by atoms with Gasteiger partial charge in [0.15, 0.2) is 0 Å². The molecular formula is C12H15ClFN. The number of benzene rings is 1. The summed E-state index contributed by atoms with van der Waals surface area (Å²) < 4.78 is 12.8. The van der Waals surface area contributed by atoms with Gasteiger partial charge in [0.2, 0.25) is 0 Å². The van der Waals surface area contributed by atoms with Crippen molar-refractivity contribution < 1.29 is 4.39 Å². The van der Waals surface area contributed by atoms with Gasteiger partial charge in [0.1, 0.15) is 0 Å². The highest BCUT2D eigenvalue weighted by atomic mass is 35.5. The lowest BCUT2D eigenvalue weighted by Gasteiger charge is -2.17. The van der Waals surface area contributed by atoms with Crippen LogP contribution >= 0.6 is 11.6 Å². The number of alkyl halides is 1. The van der Waals surface area contributed by atoms with Gasteiger partial charge in [-0.15, -0.1) is 0 Å². The normalized spacial score (nSPS) is 25.8. The summed E-state index contributed by atoms with van der Waals surface area (Å²) in [6, 6.07) is 6.01. The second-order valence-electron chi connectivity index (χ2n) is 4.20. The van der Waals surface area contributed by atoms with Crippen LogP contribution in [-0.4, -0.2) is 19.8 Å². The fourth-order valence-corrected chi connectivity index (χ4v) is 2.57. The monoisotopic (exact) mass is 227 g/mol. The van der Waals surface area contributed by atoms with Crippen LogP contribution in [0.2, 0.25) is 5.02 Å². The van der Waals surface area contributed by atoms with E-state index in [1.165, 1.54) is 0 Å². The van der Waals surface area contributed by atoms with E-state index in [0.29, 0.717) is 0 Å². The molecule has 0 unspecified atom stereocenters. The lowest BCUT2D eigenvalue weighted by atomic mass is 9.89. The lowest BCUT2D eigenvalue weighted by molar-refractivity contribution is 0.358. The molecule has 1 aliphatic rings. The average Bonchev–Trinajstić information content (AvgIpc) is 2.65. The Balaban J connectivity index is 2.28. The van der Waals surface area contributed by atoms with E-state index < -0.39 is 0 Å². The molecule has 1 aliphatic heterocycles. The number of nitrogens with one attached hydrogen (secondary N) is 1. The topological polar surface area (TPSA) is 12.0 Å². The van der Waals surface area contributed by atoms with E-state index in [-0.39, 0.29) is 18.5 Å². The molecule has 1 aromatic rings. The standard InChI is InChI=1S/C12H15ClFN/c1-8-2-3-10(12(13)4-8)11-7-15-6-9(11)5-14/h2-4,9,11,15H,5-7H2,1H3/t9-,11-/m0/s1. The molecular weight excluding hydrogens is 213 g/mol. The fourth-order valence-electron chi connectivity index (χ4n) is 2.19. The van der Waals surface area contributed by atoms with E-state index in [1.807, 2.05) is 25.1 Å². The van der Waals surface area contributed by atoms with E-state index in [0.717, 1.165) is 29.2 Å². The van der Waals surface area contributed by atoms with Crippen LogP contribution in [0.5, 0.6) is 0 Å². The number of halogens is 2. The minimum Gasteiger partial charge on any atom is -0.316 e. The van der Waals surface area contributed by atoms with Crippen LogP contribution in [0.3, 0.4) is 0 Å². The van der Waals surface area contributed by atoms with Gasteiger partial charge in [-0.05, 0) is 24.1 Å². The second-order valence-corrected chi connectivity index (χ2v) is 4.61. The molecule has 0 bridgehead atoms. The molecule has 0 aromatic heterocycles. The lowest BCUT2D eigenvalue weighted by Crippen LogP contribution is -2.13. The molecule has 2 atom stereocenters. The van der Waals surface area contributed by atoms with Crippen LogP contribution in [0.4, 0.5) is 4.39 Å². The molecule has 1 fully saturated rings. The average molecular weight is 228 g/mol. The van der Waals surface area contributed by atoms with Gasteiger partial charge in [-0.2, -0.15) is 0 Å². The molecule has 15 heavy (non-hydrogen) atoms. The Morgan fingerprint density at radius 2 is 2.27 bits per heavy atom. The van der Waals surface area contributed by atoms with Crippen LogP contribution in [0.25, 0.3) is 0 Å². The minimum absolute atomic E-state index is 0.0743. The van der Waals surface area contributed by atoms with E-state index in [4.69, 9.17) is 11.6 Å². The van der Waals surface area contributed by atoms with Crippen molar-refractivity contribution in [2.75, 3.05) is 19.8 Å². The largest absolute Gasteiger partial charge is 0.316 e. The van der Waals surface area contributed by atoms with Crippen LogP contribution < -0.4 is 5.32 Å². The maximum Gasteiger partial charge on any atom is 0.0941 e. The van der Waals surface area contributed by atoms with Crippen molar-refractivity contribution in [1.29, 1.82) is 0 Å². The van der Waals surface area contributed by atoms with Gasteiger partial charge in [-0.3, -0.25) is 4.39 Å². The Morgan fingerprint density at radius 1 is 1.47 bits per heavy atom. The van der Waals surface area contributed by atoms with Gasteiger partial charge in [0.05, 0.1) is 6.67 Å². The van der Waals surface area contributed by atoms with Crippen molar-refractivity contribution in [2.24, 2.45) is 5.92 Å². The molecule has 2 rings (SSSR count). The summed E-state index contributed by atoms with van der Waals surface area (Å²) in [5.41, 5.74) is 2.22. The maximum absolute atomic E-state index is 12.8. The van der Waals surface area contributed by atoms with Gasteiger partial charge in [-0.1, -0.05) is 23.7 Å². The Morgan fingerprint density at radius 3 is 2.93 bits per heavy atom. The predicted molar refractivity (Wildman–Crippen MR) is 61.3 cm³/mol. The second kappa shape index (κ2) is 4.50. The highest BCUT2D eigenvalue weighted by Gasteiger charge is 2.29. The Kier molecular flexibility index (Phi) is 3.27. The molecule has 0 radical (unpaired) electrons. The Bertz CT molecular complexity index is 353. The number of hydrogen-bond donors (Lipinski definition) is 1. The van der Waals surface area contributed by atoms with Gasteiger partial charge in [0.25, 0.3) is 0 Å². The fraction of sp³-hybridized carbons (Fsp3) is 0.500. The summed E-state index contributed by atoms with van der Waals surface area (Å²) in [5.74, 6) is 0.299. The summed E-state index contributed by atoms with van der Waals surface area (Å²) in [4.78, 5) is 0. The van der Waals surface area contributed by atoms with Gasteiger partial charge in [-0.25, -0.2) is 0 Å². The first-order chi connectivity index (χ1) is 7.22. The summed E-state index contributed by atoms with van der Waals surface area (Å²) >= 11 is 6.18. The van der Waals surface area contributed by atoms with Crippen LogP contribution in [-0.2, 0) is 0 Å². The number of hydrogen-bond acceptors (Lipinski definition) is 1. The summed E-state index contributed by atoms with van der Waals surface area (Å²) in [5, 5.41) is 3.98. The first-order valence-corrected chi connectivity index (χ1v) is 5.63. The molecule has 1 heterocycles. The van der Waals surface area contributed by atoms with Gasteiger partial charge >= 0.3 is 0 Å². The van der Waals surface area contributed by atoms with Crippen molar-refractivity contribution in [3.8, 4) is 0 Å². The molecule has 82 valence electrons. The first-order valence-electron chi connectivity index (χ1n) is 5.25. The van der Waals surface area contributed by atoms with Crippen molar-refractivity contribution in [3.05, 3.63) is 34.3 Å². The number of rotatable bonds is 2. The zero-order chi connectivity index (χ0) is 10.8. The number of aryl methyl sites for hydroxylation is 1. The van der Waals surface area contributed by atoms with Crippen molar-refractivity contribution in [3.63, 3.8) is 0 Å². The molecule has 0 amide bonds. The molecule has 1 N–H and O–H groups in total. The summed E-state index contributed by atoms with van der Waals surface area (Å²) in [6.07, 6.45) is 0. The molecule has 0 saturated carbocycles. The third-order valence-corrected chi connectivity index (χ3v) is 3.42. The molecule has 0 spiro atoms. The zero-order valence-corrected chi connectivity index (χ0v) is 9.52. The van der Waals surface area contributed by atoms with Crippen LogP contribution in [0.1, 0.15) is 17.0 Å². The van der Waals surface area contributed by atoms with Gasteiger partial charge in [0, 0.05) is 29.9 Å². The third kappa shape index (κ3) is 2.16. The highest BCUT2D eigenvalue weighted by molar-refractivity contribution is 6.31. The molecule has 1 saturated heterocycles. The smallest absolute Gasteiger partial charge is 0.0941 e. The van der Waals surface area contributed by atoms with E-state index in [1.54, 1.807) is 0 Å². The van der Waals surface area contributed by atoms with Crippen molar-refractivity contribution >= 4 is 11.6 Å². The van der Waals surface area contributed by atoms with Gasteiger partial charge < -0.3 is 5.32 Å². The molecule has 0 aliphatic carbocycles. The quantitative estimate of drug-likeness (QED) is 0.819. The van der Waals surface area contributed by atoms with Crippen LogP contribution in [0.15, 0.2) is 18.2 Å². The third-order valence-electron chi connectivity index (χ3n) is 3.09. The summed E-state index contributed by atoms with van der Waals surface area (Å²) in [6.45, 7) is 3.32. The van der Waals surface area contributed by atoms with Crippen molar-refractivity contribution in [1.82, 2.24) is 5.32 Å². The zero-order valence-electron chi connectivity index (χ0n) is 8.76. The Hall–Kier alpha value is -0.600. The first kappa shape index (κ1) is 10.9. The molecule has 1 nitrogen and oxygen atoms in total. The molecule has 1 aromatic carbocycles. The Labute approximate surface area is 94.6 Å². The van der Waals surface area contributed by atoms with Crippen LogP contribution in [0, 0.1) is 12.8 Å². The highest BCUT2D eigenvalue weighted by Crippen LogP contribution is 2.33. The maximum atomic E-state index is 12.8. The minimum atomic E-state index is -0.276. The molecule has 3 heteroatoms. The van der Waals surface area contributed by atoms with E-state index >= 15 is 0 Å².